The largest absolute Gasteiger partial charge is 0.309 e. The molecular formula is C19H20FN3. The molecule has 1 aromatic carbocycles. The quantitative estimate of drug-likeness (QED) is 0.846. The molecule has 2 heterocycles. The van der Waals surface area contributed by atoms with Crippen LogP contribution in [0.15, 0.2) is 59.9 Å². The minimum atomic E-state index is -0.231. The molecule has 1 unspecified atom stereocenters. The van der Waals surface area contributed by atoms with Crippen LogP contribution in [0.25, 0.3) is 5.57 Å². The van der Waals surface area contributed by atoms with Gasteiger partial charge >= 0.3 is 0 Å². The molecular weight excluding hydrogens is 289 g/mol. The van der Waals surface area contributed by atoms with E-state index in [0.717, 1.165) is 35.4 Å². The highest BCUT2D eigenvalue weighted by atomic mass is 19.1. The van der Waals surface area contributed by atoms with Gasteiger partial charge in [-0.1, -0.05) is 6.08 Å². The van der Waals surface area contributed by atoms with E-state index in [1.54, 1.807) is 24.5 Å². The number of hydrogen-bond acceptors (Lipinski definition) is 3. The lowest BCUT2D eigenvalue weighted by atomic mass is 9.97. The van der Waals surface area contributed by atoms with Gasteiger partial charge in [0.05, 0.1) is 11.8 Å². The van der Waals surface area contributed by atoms with Gasteiger partial charge in [-0.2, -0.15) is 0 Å². The van der Waals surface area contributed by atoms with Gasteiger partial charge in [0.2, 0.25) is 0 Å². The Balaban J connectivity index is 1.94. The zero-order valence-corrected chi connectivity index (χ0v) is 13.4. The minimum absolute atomic E-state index is 0.153. The number of pyridine rings is 1. The normalized spacial score (nSPS) is 17.3. The van der Waals surface area contributed by atoms with Gasteiger partial charge in [-0.05, 0) is 69.0 Å². The Kier molecular flexibility index (Phi) is 4.63. The molecule has 0 amide bonds. The van der Waals surface area contributed by atoms with Gasteiger partial charge in [0.25, 0.3) is 0 Å². The molecule has 3 rings (SSSR count). The van der Waals surface area contributed by atoms with Gasteiger partial charge in [0.15, 0.2) is 0 Å². The van der Waals surface area contributed by atoms with Crippen LogP contribution in [0.2, 0.25) is 0 Å². The predicted octanol–water partition coefficient (Wildman–Crippen LogP) is 3.43. The molecule has 0 fully saturated rings. The summed E-state index contributed by atoms with van der Waals surface area (Å²) in [7, 11) is 4.13. The topological polar surface area (TPSA) is 28.5 Å². The number of aliphatic imine (C=N–C) groups is 1. The first-order chi connectivity index (χ1) is 11.1. The highest BCUT2D eigenvalue weighted by molar-refractivity contribution is 6.33. The zero-order chi connectivity index (χ0) is 16.2. The maximum atomic E-state index is 13.2. The van der Waals surface area contributed by atoms with E-state index in [1.165, 1.54) is 12.1 Å². The number of benzene rings is 1. The number of rotatable bonds is 5. The lowest BCUT2D eigenvalue weighted by Gasteiger charge is -2.10. The van der Waals surface area contributed by atoms with Crippen LogP contribution in [-0.2, 0) is 0 Å². The molecule has 0 N–H and O–H groups in total. The molecule has 0 aliphatic carbocycles. The van der Waals surface area contributed by atoms with Crippen molar-refractivity contribution in [3.05, 3.63) is 71.8 Å². The molecule has 1 aliphatic rings. The minimum Gasteiger partial charge on any atom is -0.309 e. The van der Waals surface area contributed by atoms with Crippen molar-refractivity contribution in [2.75, 3.05) is 20.6 Å². The lowest BCUT2D eigenvalue weighted by molar-refractivity contribution is 0.393. The van der Waals surface area contributed by atoms with Crippen molar-refractivity contribution in [2.24, 2.45) is 4.99 Å². The van der Waals surface area contributed by atoms with Crippen LogP contribution >= 0.6 is 0 Å². The summed E-state index contributed by atoms with van der Waals surface area (Å²) in [6, 6.07) is 10.7. The van der Waals surface area contributed by atoms with E-state index in [1.807, 2.05) is 12.1 Å². The molecule has 3 nitrogen and oxygen atoms in total. The molecule has 0 bridgehead atoms. The van der Waals surface area contributed by atoms with Crippen molar-refractivity contribution in [1.29, 1.82) is 0 Å². The third kappa shape index (κ3) is 3.71. The van der Waals surface area contributed by atoms with Gasteiger partial charge in [-0.15, -0.1) is 0 Å². The fraction of sp³-hybridized carbons (Fsp3) is 0.263. The van der Waals surface area contributed by atoms with Crippen LogP contribution in [-0.4, -0.2) is 42.3 Å². The Morgan fingerprint density at radius 1 is 1.00 bits per heavy atom. The highest BCUT2D eigenvalue weighted by Crippen LogP contribution is 2.28. The monoisotopic (exact) mass is 309 g/mol. The van der Waals surface area contributed by atoms with E-state index >= 15 is 0 Å². The summed E-state index contributed by atoms with van der Waals surface area (Å²) in [5.41, 5.74) is 4.07. The van der Waals surface area contributed by atoms with Gasteiger partial charge in [0.1, 0.15) is 5.82 Å². The van der Waals surface area contributed by atoms with Gasteiger partial charge in [0, 0.05) is 23.5 Å². The molecule has 23 heavy (non-hydrogen) atoms. The van der Waals surface area contributed by atoms with Gasteiger partial charge in [-0.25, -0.2) is 4.39 Å². The predicted molar refractivity (Wildman–Crippen MR) is 92.1 cm³/mol. The number of halogens is 1. The molecule has 1 aliphatic heterocycles. The molecule has 2 aromatic rings. The summed E-state index contributed by atoms with van der Waals surface area (Å²) in [6.45, 7) is 0.977. The van der Waals surface area contributed by atoms with Crippen molar-refractivity contribution in [2.45, 2.75) is 12.5 Å². The Bertz CT molecular complexity index is 718. The third-order valence-electron chi connectivity index (χ3n) is 3.89. The van der Waals surface area contributed by atoms with Crippen LogP contribution in [0.4, 0.5) is 4.39 Å². The summed E-state index contributed by atoms with van der Waals surface area (Å²) in [5, 5.41) is 0. The zero-order valence-electron chi connectivity index (χ0n) is 13.4. The third-order valence-corrected chi connectivity index (χ3v) is 3.89. The summed E-state index contributed by atoms with van der Waals surface area (Å²) >= 11 is 0. The fourth-order valence-electron chi connectivity index (χ4n) is 2.68. The van der Waals surface area contributed by atoms with Crippen molar-refractivity contribution in [3.8, 4) is 0 Å². The molecule has 0 saturated heterocycles. The highest BCUT2D eigenvalue weighted by Gasteiger charge is 2.22. The molecule has 1 atom stereocenters. The van der Waals surface area contributed by atoms with Crippen LogP contribution in [0, 0.1) is 5.82 Å². The summed E-state index contributed by atoms with van der Waals surface area (Å²) in [5.74, 6) is -0.231. The molecule has 0 spiro atoms. The van der Waals surface area contributed by atoms with E-state index in [4.69, 9.17) is 4.99 Å². The molecule has 4 heteroatoms. The summed E-state index contributed by atoms with van der Waals surface area (Å²) in [6.07, 6.45) is 6.74. The SMILES string of the molecule is CN(C)CCC1C=C(c2ccncc2)C(c2ccc(F)cc2)=N1. The molecule has 0 radical (unpaired) electrons. The molecule has 1 aromatic heterocycles. The second-order valence-electron chi connectivity index (χ2n) is 5.96. The summed E-state index contributed by atoms with van der Waals surface area (Å²) < 4.78 is 13.2. The average Bonchev–Trinajstić information content (AvgIpc) is 2.99. The van der Waals surface area contributed by atoms with Crippen molar-refractivity contribution >= 4 is 11.3 Å². The van der Waals surface area contributed by atoms with Crippen molar-refractivity contribution in [1.82, 2.24) is 9.88 Å². The Hall–Kier alpha value is -2.33. The Labute approximate surface area is 136 Å². The fourth-order valence-corrected chi connectivity index (χ4v) is 2.68. The lowest BCUT2D eigenvalue weighted by Crippen LogP contribution is -2.16. The van der Waals surface area contributed by atoms with Gasteiger partial charge in [-0.3, -0.25) is 9.98 Å². The van der Waals surface area contributed by atoms with E-state index in [2.05, 4.69) is 30.1 Å². The Morgan fingerprint density at radius 2 is 1.70 bits per heavy atom. The van der Waals surface area contributed by atoms with E-state index in [9.17, 15) is 4.39 Å². The summed E-state index contributed by atoms with van der Waals surface area (Å²) in [4.78, 5) is 11.1. The van der Waals surface area contributed by atoms with E-state index < -0.39 is 0 Å². The second-order valence-corrected chi connectivity index (χ2v) is 5.96. The van der Waals surface area contributed by atoms with Crippen LogP contribution in [0.1, 0.15) is 17.5 Å². The number of hydrogen-bond donors (Lipinski definition) is 0. The van der Waals surface area contributed by atoms with Crippen LogP contribution < -0.4 is 0 Å². The number of aromatic nitrogens is 1. The standard InChI is InChI=1S/C19H20FN3/c1-23(2)12-9-17-13-18(14-7-10-21-11-8-14)19(22-17)15-3-5-16(20)6-4-15/h3-8,10-11,13,17H,9,12H2,1-2H3. The van der Waals surface area contributed by atoms with Gasteiger partial charge < -0.3 is 4.90 Å². The first-order valence-electron chi connectivity index (χ1n) is 7.74. The number of allylic oxidation sites excluding steroid dienone is 1. The van der Waals surface area contributed by atoms with Crippen LogP contribution in [0.3, 0.4) is 0 Å². The smallest absolute Gasteiger partial charge is 0.123 e. The second kappa shape index (κ2) is 6.84. The number of nitrogens with zero attached hydrogens (tertiary/aromatic N) is 3. The molecule has 118 valence electrons. The molecule has 0 saturated carbocycles. The maximum absolute atomic E-state index is 13.2. The first-order valence-corrected chi connectivity index (χ1v) is 7.74. The first kappa shape index (κ1) is 15.6. The van der Waals surface area contributed by atoms with Crippen molar-refractivity contribution < 1.29 is 4.39 Å². The van der Waals surface area contributed by atoms with E-state index in [0.29, 0.717) is 0 Å². The van der Waals surface area contributed by atoms with Crippen molar-refractivity contribution in [3.63, 3.8) is 0 Å². The average molecular weight is 309 g/mol. The van der Waals surface area contributed by atoms with Crippen LogP contribution in [0.5, 0.6) is 0 Å². The Morgan fingerprint density at radius 3 is 2.35 bits per heavy atom. The maximum Gasteiger partial charge on any atom is 0.123 e. The van der Waals surface area contributed by atoms with E-state index in [-0.39, 0.29) is 11.9 Å².